The Morgan fingerprint density at radius 1 is 1.53 bits per heavy atom. The Morgan fingerprint density at radius 2 is 2.29 bits per heavy atom. The van der Waals surface area contributed by atoms with E-state index in [0.29, 0.717) is 12.5 Å². The van der Waals surface area contributed by atoms with Crippen molar-refractivity contribution in [3.63, 3.8) is 0 Å². The number of hydrogen-bond donors (Lipinski definition) is 1. The second-order valence-corrected chi connectivity index (χ2v) is 3.97. The maximum atomic E-state index is 12.6. The molecule has 5 heteroatoms. The van der Waals surface area contributed by atoms with E-state index in [4.69, 9.17) is 5.73 Å². The monoisotopic (exact) mass is 239 g/mol. The predicted molar refractivity (Wildman–Crippen MR) is 63.0 cm³/mol. The molecule has 0 radical (unpaired) electrons. The number of nitrogens with two attached hydrogens (primary N) is 1. The normalized spacial score (nSPS) is 19.9. The van der Waals surface area contributed by atoms with E-state index >= 15 is 0 Å². The van der Waals surface area contributed by atoms with Crippen LogP contribution in [0.3, 0.4) is 0 Å². The summed E-state index contributed by atoms with van der Waals surface area (Å²) in [6.07, 6.45) is -2.44. The Kier molecular flexibility index (Phi) is 3.26. The number of rotatable bonds is 3. The maximum absolute atomic E-state index is 12.6. The van der Waals surface area contributed by atoms with Crippen LogP contribution in [0, 0.1) is 0 Å². The van der Waals surface area contributed by atoms with Gasteiger partial charge in [0.05, 0.1) is 12.6 Å². The molecule has 1 unspecified atom stereocenters. The van der Waals surface area contributed by atoms with Gasteiger partial charge >= 0.3 is 0 Å². The van der Waals surface area contributed by atoms with Crippen molar-refractivity contribution in [1.82, 2.24) is 4.90 Å². The molecule has 92 valence electrons. The third-order valence-electron chi connectivity index (χ3n) is 2.98. The minimum Gasteiger partial charge on any atom is -0.370 e. The highest BCUT2D eigenvalue weighted by atomic mass is 19.3. The molecule has 0 aliphatic carbocycles. The van der Waals surface area contributed by atoms with Gasteiger partial charge in [0.15, 0.2) is 5.96 Å². The molecule has 1 heterocycles. The molecule has 0 fully saturated rings. The molecule has 1 aliphatic heterocycles. The Labute approximate surface area is 98.9 Å². The van der Waals surface area contributed by atoms with Crippen LogP contribution in [0.15, 0.2) is 29.3 Å². The molecule has 1 atom stereocenters. The van der Waals surface area contributed by atoms with Gasteiger partial charge in [-0.15, -0.1) is 0 Å². The van der Waals surface area contributed by atoms with E-state index in [1.165, 1.54) is 12.1 Å². The van der Waals surface area contributed by atoms with E-state index in [9.17, 15) is 8.78 Å². The van der Waals surface area contributed by atoms with Gasteiger partial charge in [-0.3, -0.25) is 4.99 Å². The van der Waals surface area contributed by atoms with Crippen molar-refractivity contribution in [2.24, 2.45) is 10.7 Å². The van der Waals surface area contributed by atoms with Crippen molar-refractivity contribution >= 4 is 5.96 Å². The fraction of sp³-hybridized carbons (Fsp3) is 0.417. The van der Waals surface area contributed by atoms with E-state index in [1.807, 2.05) is 17.9 Å². The average Bonchev–Trinajstić information content (AvgIpc) is 2.70. The van der Waals surface area contributed by atoms with E-state index in [-0.39, 0.29) is 11.6 Å². The van der Waals surface area contributed by atoms with Crippen LogP contribution in [0.4, 0.5) is 8.78 Å². The van der Waals surface area contributed by atoms with Gasteiger partial charge in [0.2, 0.25) is 0 Å². The highest BCUT2D eigenvalue weighted by Gasteiger charge is 2.26. The minimum atomic E-state index is -2.44. The van der Waals surface area contributed by atoms with Crippen molar-refractivity contribution in [2.75, 3.05) is 13.1 Å². The zero-order valence-corrected chi connectivity index (χ0v) is 9.61. The molecule has 2 N–H and O–H groups in total. The number of benzene rings is 1. The summed E-state index contributed by atoms with van der Waals surface area (Å²) in [5, 5.41) is 0. The first-order valence-electron chi connectivity index (χ1n) is 5.58. The number of aliphatic imine (C=N–C) groups is 1. The number of guanidine groups is 1. The Bertz CT molecular complexity index is 432. The van der Waals surface area contributed by atoms with Crippen LogP contribution in [0.25, 0.3) is 0 Å². The van der Waals surface area contributed by atoms with Gasteiger partial charge in [0, 0.05) is 12.1 Å². The molecule has 0 saturated carbocycles. The first-order chi connectivity index (χ1) is 8.13. The molecule has 2 rings (SSSR count). The van der Waals surface area contributed by atoms with Gasteiger partial charge in [-0.1, -0.05) is 18.2 Å². The summed E-state index contributed by atoms with van der Waals surface area (Å²) in [4.78, 5) is 6.07. The summed E-state index contributed by atoms with van der Waals surface area (Å²) in [6.45, 7) is 3.23. The summed E-state index contributed by atoms with van der Waals surface area (Å²) in [7, 11) is 0. The minimum absolute atomic E-state index is 0.0151. The zero-order valence-electron chi connectivity index (χ0n) is 9.61. The summed E-state index contributed by atoms with van der Waals surface area (Å²) < 4.78 is 25.2. The van der Waals surface area contributed by atoms with Crippen LogP contribution < -0.4 is 5.73 Å². The molecule has 0 amide bonds. The number of alkyl halides is 2. The molecule has 17 heavy (non-hydrogen) atoms. The van der Waals surface area contributed by atoms with Crippen molar-refractivity contribution in [3.05, 3.63) is 35.4 Å². The van der Waals surface area contributed by atoms with Crippen molar-refractivity contribution in [1.29, 1.82) is 0 Å². The fourth-order valence-electron chi connectivity index (χ4n) is 2.10. The molecule has 0 saturated heterocycles. The van der Waals surface area contributed by atoms with Crippen LogP contribution in [0.2, 0.25) is 0 Å². The molecule has 1 aromatic rings. The smallest absolute Gasteiger partial charge is 0.263 e. The van der Waals surface area contributed by atoms with E-state index < -0.39 is 6.43 Å². The van der Waals surface area contributed by atoms with E-state index in [0.717, 1.165) is 12.1 Å². The van der Waals surface area contributed by atoms with E-state index in [1.54, 1.807) is 6.07 Å². The maximum Gasteiger partial charge on any atom is 0.263 e. The first kappa shape index (κ1) is 11.8. The van der Waals surface area contributed by atoms with Gasteiger partial charge in [0.1, 0.15) is 0 Å². The highest BCUT2D eigenvalue weighted by Crippen LogP contribution is 2.28. The van der Waals surface area contributed by atoms with Gasteiger partial charge in [0.25, 0.3) is 6.43 Å². The second kappa shape index (κ2) is 4.69. The number of likely N-dealkylation sites (N-methyl/N-ethyl adjacent to an activating group) is 1. The molecule has 1 aliphatic rings. The van der Waals surface area contributed by atoms with Crippen LogP contribution in [0.1, 0.15) is 30.5 Å². The van der Waals surface area contributed by atoms with Crippen molar-refractivity contribution in [3.8, 4) is 0 Å². The molecule has 3 nitrogen and oxygen atoms in total. The predicted octanol–water partition coefficient (Wildman–Crippen LogP) is 2.32. The molecular formula is C12H15F2N3. The van der Waals surface area contributed by atoms with Gasteiger partial charge in [-0.2, -0.15) is 0 Å². The number of nitrogens with zero attached hydrogens (tertiary/aromatic N) is 2. The Balaban J connectivity index is 2.26. The molecule has 1 aromatic carbocycles. The third kappa shape index (κ3) is 2.23. The first-order valence-corrected chi connectivity index (χ1v) is 5.58. The standard InChI is InChI=1S/C12H15F2N3/c1-2-17-10(7-16-12(17)15)8-4-3-5-9(6-8)11(13)14/h3-6,10-11H,2,7H2,1H3,(H2,15,16). The van der Waals surface area contributed by atoms with Crippen LogP contribution in [-0.4, -0.2) is 23.9 Å². The lowest BCUT2D eigenvalue weighted by molar-refractivity contribution is 0.151. The summed E-state index contributed by atoms with van der Waals surface area (Å²) in [5.41, 5.74) is 6.63. The van der Waals surface area contributed by atoms with Gasteiger partial charge in [-0.25, -0.2) is 8.78 Å². The average molecular weight is 239 g/mol. The topological polar surface area (TPSA) is 41.6 Å². The number of hydrogen-bond acceptors (Lipinski definition) is 3. The van der Waals surface area contributed by atoms with Gasteiger partial charge < -0.3 is 10.6 Å². The largest absolute Gasteiger partial charge is 0.370 e. The lowest BCUT2D eigenvalue weighted by Gasteiger charge is -2.25. The summed E-state index contributed by atoms with van der Waals surface area (Å²) in [5.74, 6) is 0.486. The van der Waals surface area contributed by atoms with Crippen LogP contribution in [-0.2, 0) is 0 Å². The molecular weight excluding hydrogens is 224 g/mol. The highest BCUT2D eigenvalue weighted by molar-refractivity contribution is 5.80. The SMILES string of the molecule is CCN1C(N)=NCC1c1cccc(C(F)F)c1. The quantitative estimate of drug-likeness (QED) is 0.879. The summed E-state index contributed by atoms with van der Waals surface area (Å²) >= 11 is 0. The van der Waals surface area contributed by atoms with Gasteiger partial charge in [-0.05, 0) is 18.6 Å². The fourth-order valence-corrected chi connectivity index (χ4v) is 2.10. The van der Waals surface area contributed by atoms with Crippen molar-refractivity contribution < 1.29 is 8.78 Å². The zero-order chi connectivity index (χ0) is 12.4. The lowest BCUT2D eigenvalue weighted by Crippen LogP contribution is -2.35. The molecule has 0 bridgehead atoms. The summed E-state index contributed by atoms with van der Waals surface area (Å²) in [6, 6.07) is 6.45. The number of halogens is 2. The van der Waals surface area contributed by atoms with Crippen LogP contribution >= 0.6 is 0 Å². The Morgan fingerprint density at radius 3 is 2.94 bits per heavy atom. The Hall–Kier alpha value is -1.65. The van der Waals surface area contributed by atoms with E-state index in [2.05, 4.69) is 4.99 Å². The molecule has 0 spiro atoms. The second-order valence-electron chi connectivity index (χ2n) is 3.97. The lowest BCUT2D eigenvalue weighted by atomic mass is 10.0. The molecule has 0 aromatic heterocycles. The van der Waals surface area contributed by atoms with Crippen molar-refractivity contribution in [2.45, 2.75) is 19.4 Å². The third-order valence-corrected chi connectivity index (χ3v) is 2.98. The van der Waals surface area contributed by atoms with Crippen LogP contribution in [0.5, 0.6) is 0 Å².